The monoisotopic (exact) mass is 408 g/mol. The molecule has 2 rings (SSSR count). The number of ketones is 1. The molecule has 5 nitrogen and oxygen atoms in total. The maximum Gasteiger partial charge on any atom is 0.245 e. The molecule has 1 N–H and O–H groups in total. The number of hydrogen-bond donors (Lipinski definition) is 1. The number of carbonyl (C=O) groups is 3. The molecule has 1 unspecified atom stereocenters. The van der Waals surface area contributed by atoms with Crippen molar-refractivity contribution in [2.45, 2.75) is 53.0 Å². The Morgan fingerprint density at radius 2 is 1.72 bits per heavy atom. The fraction of sp³-hybridized carbons (Fsp3) is 0.591. The Kier molecular flexibility index (Phi) is 7.88. The van der Waals surface area contributed by atoms with E-state index in [1.54, 1.807) is 4.90 Å². The van der Waals surface area contributed by atoms with E-state index in [0.717, 1.165) is 18.2 Å². The number of rotatable bonds is 7. The summed E-state index contributed by atoms with van der Waals surface area (Å²) in [6.45, 7) is 8.32. The summed E-state index contributed by atoms with van der Waals surface area (Å²) in [7, 11) is 0. The van der Waals surface area contributed by atoms with E-state index in [1.165, 1.54) is 0 Å². The first-order valence-corrected chi connectivity index (χ1v) is 10.2. The Morgan fingerprint density at radius 1 is 1.10 bits per heavy atom. The van der Waals surface area contributed by atoms with Crippen LogP contribution in [0.3, 0.4) is 0 Å². The maximum atomic E-state index is 13.9. The molecule has 29 heavy (non-hydrogen) atoms. The van der Waals surface area contributed by atoms with Crippen molar-refractivity contribution < 1.29 is 23.2 Å². The van der Waals surface area contributed by atoms with E-state index in [4.69, 9.17) is 0 Å². The number of Topliss-reactive ketones (excluding diaryl/α,β-unsaturated/α-hetero) is 1. The van der Waals surface area contributed by atoms with Gasteiger partial charge in [0.05, 0.1) is 5.56 Å². The SMILES string of the molecule is CC(C)CC(=O)NC(C(=O)N1CCC(C(=O)c2cc(F)ccc2F)CC1)C(C)C. The average Bonchev–Trinajstić information content (AvgIpc) is 2.66. The molecule has 1 aromatic rings. The van der Waals surface area contributed by atoms with Gasteiger partial charge in [0.15, 0.2) is 5.78 Å². The topological polar surface area (TPSA) is 66.5 Å². The maximum absolute atomic E-state index is 13.9. The molecule has 1 atom stereocenters. The van der Waals surface area contributed by atoms with E-state index >= 15 is 0 Å². The van der Waals surface area contributed by atoms with Crippen LogP contribution >= 0.6 is 0 Å². The molecule has 0 spiro atoms. The highest BCUT2D eigenvalue weighted by atomic mass is 19.1. The first-order chi connectivity index (χ1) is 13.6. The van der Waals surface area contributed by atoms with Crippen LogP contribution in [0.1, 0.15) is 57.3 Å². The number of halogens is 2. The highest BCUT2D eigenvalue weighted by Gasteiger charge is 2.33. The van der Waals surface area contributed by atoms with Crippen LogP contribution in [0.15, 0.2) is 18.2 Å². The number of likely N-dealkylation sites (tertiary alicyclic amines) is 1. The van der Waals surface area contributed by atoms with Crippen molar-refractivity contribution in [3.05, 3.63) is 35.4 Å². The van der Waals surface area contributed by atoms with Gasteiger partial charge in [-0.15, -0.1) is 0 Å². The van der Waals surface area contributed by atoms with Crippen molar-refractivity contribution in [1.29, 1.82) is 0 Å². The molecule has 7 heteroatoms. The van der Waals surface area contributed by atoms with Crippen molar-refractivity contribution in [3.8, 4) is 0 Å². The van der Waals surface area contributed by atoms with Crippen LogP contribution < -0.4 is 5.32 Å². The van der Waals surface area contributed by atoms with Gasteiger partial charge in [0.2, 0.25) is 11.8 Å². The molecule has 1 aliphatic heterocycles. The number of benzene rings is 1. The van der Waals surface area contributed by atoms with Crippen molar-refractivity contribution in [3.63, 3.8) is 0 Å². The van der Waals surface area contributed by atoms with Crippen molar-refractivity contribution in [2.24, 2.45) is 17.8 Å². The van der Waals surface area contributed by atoms with Gasteiger partial charge in [-0.25, -0.2) is 8.78 Å². The minimum absolute atomic E-state index is 0.0700. The van der Waals surface area contributed by atoms with Crippen LogP contribution in [0, 0.1) is 29.4 Å². The van der Waals surface area contributed by atoms with Gasteiger partial charge >= 0.3 is 0 Å². The smallest absolute Gasteiger partial charge is 0.245 e. The summed E-state index contributed by atoms with van der Waals surface area (Å²) in [4.78, 5) is 39.3. The third kappa shape index (κ3) is 6.08. The van der Waals surface area contributed by atoms with E-state index in [1.807, 2.05) is 27.7 Å². The Labute approximate surface area is 170 Å². The Bertz CT molecular complexity index is 756. The molecular formula is C22H30F2N2O3. The molecule has 1 fully saturated rings. The van der Waals surface area contributed by atoms with Gasteiger partial charge in [-0.2, -0.15) is 0 Å². The molecule has 0 aliphatic carbocycles. The van der Waals surface area contributed by atoms with Crippen molar-refractivity contribution >= 4 is 17.6 Å². The van der Waals surface area contributed by atoms with Crippen molar-refractivity contribution in [2.75, 3.05) is 13.1 Å². The van der Waals surface area contributed by atoms with E-state index in [2.05, 4.69) is 5.32 Å². The second kappa shape index (κ2) is 9.94. The summed E-state index contributed by atoms with van der Waals surface area (Å²) in [5, 5.41) is 2.83. The van der Waals surface area contributed by atoms with Crippen LogP contribution in [0.4, 0.5) is 8.78 Å². The third-order valence-electron chi connectivity index (χ3n) is 5.21. The van der Waals surface area contributed by atoms with Crippen LogP contribution in [-0.2, 0) is 9.59 Å². The van der Waals surface area contributed by atoms with Gasteiger partial charge in [0.25, 0.3) is 0 Å². The van der Waals surface area contributed by atoms with Gasteiger partial charge < -0.3 is 10.2 Å². The normalized spacial score (nSPS) is 16.2. The Balaban J connectivity index is 1.99. The van der Waals surface area contributed by atoms with Crippen molar-refractivity contribution in [1.82, 2.24) is 10.2 Å². The number of hydrogen-bond acceptors (Lipinski definition) is 3. The summed E-state index contributed by atoms with van der Waals surface area (Å²) in [5.74, 6) is -2.47. The highest BCUT2D eigenvalue weighted by molar-refractivity contribution is 5.98. The number of nitrogens with zero attached hydrogens (tertiary/aromatic N) is 1. The second-order valence-corrected chi connectivity index (χ2v) is 8.48. The zero-order valence-corrected chi connectivity index (χ0v) is 17.5. The Morgan fingerprint density at radius 3 is 2.28 bits per heavy atom. The van der Waals surface area contributed by atoms with E-state index in [9.17, 15) is 23.2 Å². The van der Waals surface area contributed by atoms with Gasteiger partial charge in [-0.3, -0.25) is 14.4 Å². The molecule has 0 radical (unpaired) electrons. The first-order valence-electron chi connectivity index (χ1n) is 10.2. The van der Waals surface area contributed by atoms with Gasteiger partial charge in [-0.05, 0) is 42.9 Å². The molecule has 0 bridgehead atoms. The summed E-state index contributed by atoms with van der Waals surface area (Å²) in [6, 6.07) is 2.24. The molecule has 160 valence electrons. The lowest BCUT2D eigenvalue weighted by Gasteiger charge is -2.35. The number of carbonyl (C=O) groups excluding carboxylic acids is 3. The minimum Gasteiger partial charge on any atom is -0.344 e. The lowest BCUT2D eigenvalue weighted by Crippen LogP contribution is -2.53. The lowest BCUT2D eigenvalue weighted by molar-refractivity contribution is -0.139. The number of nitrogens with one attached hydrogen (secondary N) is 1. The zero-order valence-electron chi connectivity index (χ0n) is 17.5. The predicted molar refractivity (Wildman–Crippen MR) is 106 cm³/mol. The van der Waals surface area contributed by atoms with Gasteiger partial charge in [-0.1, -0.05) is 27.7 Å². The molecule has 1 aliphatic rings. The first kappa shape index (κ1) is 23.0. The van der Waals surface area contributed by atoms with E-state index < -0.39 is 29.4 Å². The molecule has 2 amide bonds. The molecule has 1 saturated heterocycles. The standard InChI is InChI=1S/C22H30F2N2O3/c1-13(2)11-19(27)25-20(14(3)4)22(29)26-9-7-15(8-10-26)21(28)17-12-16(23)5-6-18(17)24/h5-6,12-15,20H,7-11H2,1-4H3,(H,25,27). The predicted octanol–water partition coefficient (Wildman–Crippen LogP) is 3.57. The van der Waals surface area contributed by atoms with Gasteiger partial charge in [0.1, 0.15) is 17.7 Å². The molecule has 0 aromatic heterocycles. The average molecular weight is 408 g/mol. The summed E-state index contributed by atoms with van der Waals surface area (Å²) < 4.78 is 27.3. The van der Waals surface area contributed by atoms with E-state index in [0.29, 0.717) is 32.4 Å². The highest BCUT2D eigenvalue weighted by Crippen LogP contribution is 2.24. The summed E-state index contributed by atoms with van der Waals surface area (Å²) >= 11 is 0. The van der Waals surface area contributed by atoms with Crippen LogP contribution in [0.5, 0.6) is 0 Å². The number of amides is 2. The Hall–Kier alpha value is -2.31. The van der Waals surface area contributed by atoms with Crippen LogP contribution in [0.25, 0.3) is 0 Å². The largest absolute Gasteiger partial charge is 0.344 e. The molecule has 0 saturated carbocycles. The molecular weight excluding hydrogens is 378 g/mol. The van der Waals surface area contributed by atoms with Crippen LogP contribution in [-0.4, -0.2) is 41.6 Å². The summed E-state index contributed by atoms with van der Waals surface area (Å²) in [5.41, 5.74) is -0.240. The van der Waals surface area contributed by atoms with Gasteiger partial charge in [0, 0.05) is 25.4 Å². The van der Waals surface area contributed by atoms with E-state index in [-0.39, 0.29) is 29.2 Å². The second-order valence-electron chi connectivity index (χ2n) is 8.48. The lowest BCUT2D eigenvalue weighted by atomic mass is 9.88. The summed E-state index contributed by atoms with van der Waals surface area (Å²) in [6.07, 6.45) is 1.11. The molecule has 1 heterocycles. The third-order valence-corrected chi connectivity index (χ3v) is 5.21. The molecule has 1 aromatic carbocycles. The fourth-order valence-electron chi connectivity index (χ4n) is 3.58. The fourth-order valence-corrected chi connectivity index (χ4v) is 3.58. The number of piperidine rings is 1. The van der Waals surface area contributed by atoms with Crippen LogP contribution in [0.2, 0.25) is 0 Å². The minimum atomic E-state index is -0.734. The quantitative estimate of drug-likeness (QED) is 0.702. The zero-order chi connectivity index (χ0) is 21.7.